The minimum atomic E-state index is 0. The third kappa shape index (κ3) is 5.42. The summed E-state index contributed by atoms with van der Waals surface area (Å²) in [7, 11) is 0. The monoisotopic (exact) mass is 318 g/mol. The lowest BCUT2D eigenvalue weighted by Gasteiger charge is -2.37. The summed E-state index contributed by atoms with van der Waals surface area (Å²) in [6.45, 7) is 10.2. The van der Waals surface area contributed by atoms with Gasteiger partial charge in [0.25, 0.3) is 0 Å². The van der Waals surface area contributed by atoms with Crippen molar-refractivity contribution in [2.24, 2.45) is 11.8 Å². The van der Waals surface area contributed by atoms with Crippen molar-refractivity contribution in [3.8, 4) is 0 Å². The second-order valence-corrected chi connectivity index (χ2v) is 6.56. The zero-order valence-electron chi connectivity index (χ0n) is 13.6. The fourth-order valence-corrected chi connectivity index (χ4v) is 3.41. The van der Waals surface area contributed by atoms with Crippen molar-refractivity contribution in [1.82, 2.24) is 10.2 Å². The Morgan fingerprint density at radius 1 is 1.43 bits per heavy atom. The fourth-order valence-electron chi connectivity index (χ4n) is 3.41. The molecule has 2 heterocycles. The number of nitrogens with zero attached hydrogens (tertiary/aromatic N) is 1. The van der Waals surface area contributed by atoms with Crippen LogP contribution in [0.2, 0.25) is 0 Å². The first-order valence-electron chi connectivity index (χ1n) is 8.24. The standard InChI is InChI=1S/C16H30N2O2.ClH/c1-4-15-11-18(10-13(3)20-15)16(19)8-12(2)14-6-5-7-17-9-14;/h12-15,17H,4-11H2,1-3H3;1H. The zero-order valence-corrected chi connectivity index (χ0v) is 14.5. The Hall–Kier alpha value is -0.320. The summed E-state index contributed by atoms with van der Waals surface area (Å²) in [5.41, 5.74) is 0. The molecule has 124 valence electrons. The van der Waals surface area contributed by atoms with E-state index in [1.807, 2.05) is 4.90 Å². The van der Waals surface area contributed by atoms with E-state index in [1.54, 1.807) is 0 Å². The van der Waals surface area contributed by atoms with Gasteiger partial charge < -0.3 is 15.0 Å². The number of ether oxygens (including phenoxy) is 1. The van der Waals surface area contributed by atoms with E-state index in [4.69, 9.17) is 4.74 Å². The quantitative estimate of drug-likeness (QED) is 0.865. The summed E-state index contributed by atoms with van der Waals surface area (Å²) < 4.78 is 5.83. The average Bonchev–Trinajstić information content (AvgIpc) is 2.47. The van der Waals surface area contributed by atoms with Gasteiger partial charge in [-0.25, -0.2) is 0 Å². The van der Waals surface area contributed by atoms with E-state index in [0.29, 0.717) is 24.2 Å². The van der Waals surface area contributed by atoms with Gasteiger partial charge in [-0.3, -0.25) is 4.79 Å². The molecular weight excluding hydrogens is 288 g/mol. The molecule has 0 bridgehead atoms. The lowest BCUT2D eigenvalue weighted by Crippen LogP contribution is -2.49. The Balaban J connectivity index is 0.00000220. The summed E-state index contributed by atoms with van der Waals surface area (Å²) in [5.74, 6) is 1.46. The highest BCUT2D eigenvalue weighted by Gasteiger charge is 2.29. The van der Waals surface area contributed by atoms with Crippen LogP contribution in [0.25, 0.3) is 0 Å². The van der Waals surface area contributed by atoms with E-state index in [1.165, 1.54) is 12.8 Å². The smallest absolute Gasteiger partial charge is 0.223 e. The molecule has 0 saturated carbocycles. The molecule has 2 aliphatic rings. The molecule has 2 saturated heterocycles. The maximum Gasteiger partial charge on any atom is 0.223 e. The summed E-state index contributed by atoms with van der Waals surface area (Å²) >= 11 is 0. The minimum absolute atomic E-state index is 0. The van der Waals surface area contributed by atoms with E-state index >= 15 is 0 Å². The molecular formula is C16H31ClN2O2. The average molecular weight is 319 g/mol. The number of morpholine rings is 1. The second kappa shape index (κ2) is 8.96. The maximum atomic E-state index is 12.5. The number of hydrogen-bond donors (Lipinski definition) is 1. The zero-order chi connectivity index (χ0) is 14.5. The predicted molar refractivity (Wildman–Crippen MR) is 87.8 cm³/mol. The van der Waals surface area contributed by atoms with E-state index in [9.17, 15) is 4.79 Å². The highest BCUT2D eigenvalue weighted by molar-refractivity contribution is 5.85. The van der Waals surface area contributed by atoms with Crippen LogP contribution < -0.4 is 5.32 Å². The normalized spacial score (nSPS) is 31.4. The molecule has 0 aromatic heterocycles. The molecule has 21 heavy (non-hydrogen) atoms. The van der Waals surface area contributed by atoms with Gasteiger partial charge in [-0.05, 0) is 51.1 Å². The number of piperidine rings is 1. The van der Waals surface area contributed by atoms with Crippen molar-refractivity contribution in [3.63, 3.8) is 0 Å². The van der Waals surface area contributed by atoms with Crippen LogP contribution in [0.1, 0.15) is 46.5 Å². The van der Waals surface area contributed by atoms with Crippen molar-refractivity contribution in [2.45, 2.75) is 58.7 Å². The number of rotatable bonds is 4. The van der Waals surface area contributed by atoms with Gasteiger partial charge in [0, 0.05) is 19.5 Å². The third-order valence-corrected chi connectivity index (χ3v) is 4.77. The van der Waals surface area contributed by atoms with Gasteiger partial charge in [0.05, 0.1) is 12.2 Å². The Kier molecular flexibility index (Phi) is 7.99. The predicted octanol–water partition coefficient (Wildman–Crippen LogP) is 2.46. The van der Waals surface area contributed by atoms with Crippen LogP contribution in [0.5, 0.6) is 0 Å². The SMILES string of the molecule is CCC1CN(C(=O)CC(C)C2CCCNC2)CC(C)O1.Cl. The summed E-state index contributed by atoms with van der Waals surface area (Å²) in [6.07, 6.45) is 4.57. The number of nitrogens with one attached hydrogen (secondary N) is 1. The van der Waals surface area contributed by atoms with Gasteiger partial charge in [0.1, 0.15) is 0 Å². The molecule has 4 atom stereocenters. The second-order valence-electron chi connectivity index (χ2n) is 6.56. The summed E-state index contributed by atoms with van der Waals surface area (Å²) in [5, 5.41) is 3.45. The first-order chi connectivity index (χ1) is 9.60. The van der Waals surface area contributed by atoms with Crippen molar-refractivity contribution in [3.05, 3.63) is 0 Å². The van der Waals surface area contributed by atoms with Gasteiger partial charge in [-0.1, -0.05) is 13.8 Å². The number of amides is 1. The third-order valence-electron chi connectivity index (χ3n) is 4.77. The topological polar surface area (TPSA) is 41.6 Å². The van der Waals surface area contributed by atoms with Crippen LogP contribution in [0, 0.1) is 11.8 Å². The molecule has 5 heteroatoms. The van der Waals surface area contributed by atoms with Crippen molar-refractivity contribution in [2.75, 3.05) is 26.2 Å². The summed E-state index contributed by atoms with van der Waals surface area (Å²) in [6, 6.07) is 0. The molecule has 0 aromatic carbocycles. The largest absolute Gasteiger partial charge is 0.372 e. The molecule has 2 aliphatic heterocycles. The molecule has 4 nitrogen and oxygen atoms in total. The number of hydrogen-bond acceptors (Lipinski definition) is 3. The summed E-state index contributed by atoms with van der Waals surface area (Å²) in [4.78, 5) is 14.5. The van der Waals surface area contributed by atoms with Crippen LogP contribution in [-0.2, 0) is 9.53 Å². The van der Waals surface area contributed by atoms with Crippen LogP contribution in [0.4, 0.5) is 0 Å². The lowest BCUT2D eigenvalue weighted by atomic mass is 9.85. The maximum absolute atomic E-state index is 12.5. The number of carbonyl (C=O) groups excluding carboxylic acids is 1. The van der Waals surface area contributed by atoms with Crippen molar-refractivity contribution in [1.29, 1.82) is 0 Å². The van der Waals surface area contributed by atoms with E-state index in [-0.39, 0.29) is 24.6 Å². The molecule has 0 spiro atoms. The Bertz CT molecular complexity index is 321. The number of halogens is 1. The Morgan fingerprint density at radius 2 is 2.19 bits per heavy atom. The fraction of sp³-hybridized carbons (Fsp3) is 0.938. The molecule has 2 rings (SSSR count). The first-order valence-corrected chi connectivity index (χ1v) is 8.24. The molecule has 1 amide bonds. The minimum Gasteiger partial charge on any atom is -0.372 e. The first kappa shape index (κ1) is 18.7. The van der Waals surface area contributed by atoms with Gasteiger partial charge >= 0.3 is 0 Å². The van der Waals surface area contributed by atoms with Gasteiger partial charge in [0.2, 0.25) is 5.91 Å². The van der Waals surface area contributed by atoms with Crippen LogP contribution in [-0.4, -0.2) is 49.2 Å². The Morgan fingerprint density at radius 3 is 2.81 bits per heavy atom. The van der Waals surface area contributed by atoms with Crippen LogP contribution >= 0.6 is 12.4 Å². The van der Waals surface area contributed by atoms with Gasteiger partial charge in [-0.2, -0.15) is 0 Å². The van der Waals surface area contributed by atoms with Crippen molar-refractivity contribution < 1.29 is 9.53 Å². The molecule has 0 radical (unpaired) electrons. The van der Waals surface area contributed by atoms with E-state index < -0.39 is 0 Å². The lowest BCUT2D eigenvalue weighted by molar-refractivity contribution is -0.145. The Labute approximate surface area is 135 Å². The van der Waals surface area contributed by atoms with Gasteiger partial charge in [-0.15, -0.1) is 12.4 Å². The molecule has 2 fully saturated rings. The molecule has 4 unspecified atom stereocenters. The molecule has 0 aliphatic carbocycles. The van der Waals surface area contributed by atoms with Crippen molar-refractivity contribution >= 4 is 18.3 Å². The van der Waals surface area contributed by atoms with Gasteiger partial charge in [0.15, 0.2) is 0 Å². The van der Waals surface area contributed by atoms with Crippen LogP contribution in [0.3, 0.4) is 0 Å². The van der Waals surface area contributed by atoms with E-state index in [2.05, 4.69) is 26.1 Å². The van der Waals surface area contributed by atoms with Crippen LogP contribution in [0.15, 0.2) is 0 Å². The highest BCUT2D eigenvalue weighted by Crippen LogP contribution is 2.24. The number of carbonyl (C=O) groups is 1. The molecule has 1 N–H and O–H groups in total. The van der Waals surface area contributed by atoms with E-state index in [0.717, 1.165) is 32.6 Å². The molecule has 0 aromatic rings. The highest BCUT2D eigenvalue weighted by atomic mass is 35.5.